The van der Waals surface area contributed by atoms with Gasteiger partial charge in [-0.3, -0.25) is 0 Å². The van der Waals surface area contributed by atoms with E-state index in [1.807, 2.05) is 19.1 Å². The van der Waals surface area contributed by atoms with E-state index in [4.69, 9.17) is 10.2 Å². The molecule has 0 fully saturated rings. The summed E-state index contributed by atoms with van der Waals surface area (Å²) >= 11 is 0. The molecule has 0 aliphatic rings. The van der Waals surface area contributed by atoms with Gasteiger partial charge in [0.1, 0.15) is 11.5 Å². The molecule has 1 aromatic heterocycles. The summed E-state index contributed by atoms with van der Waals surface area (Å²) in [5.74, 6) is 2.12. The van der Waals surface area contributed by atoms with Crippen molar-refractivity contribution in [2.24, 2.45) is 5.73 Å². The predicted octanol–water partition coefficient (Wildman–Crippen LogP) is 2.12. The van der Waals surface area contributed by atoms with Crippen LogP contribution in [0.5, 0.6) is 0 Å². The van der Waals surface area contributed by atoms with E-state index >= 15 is 0 Å². The molecule has 2 nitrogen and oxygen atoms in total. The van der Waals surface area contributed by atoms with E-state index in [2.05, 4.69) is 6.92 Å². The molecule has 68 valence electrons. The van der Waals surface area contributed by atoms with Crippen LogP contribution < -0.4 is 5.73 Å². The first-order valence-electron chi connectivity index (χ1n) is 4.55. The molecule has 2 heteroatoms. The number of hydrogen-bond donors (Lipinski definition) is 1. The largest absolute Gasteiger partial charge is 0.466 e. The Hall–Kier alpha value is -0.760. The zero-order valence-electron chi connectivity index (χ0n) is 7.84. The van der Waals surface area contributed by atoms with Gasteiger partial charge in [0.05, 0.1) is 0 Å². The highest BCUT2D eigenvalue weighted by atomic mass is 16.3. The summed E-state index contributed by atoms with van der Waals surface area (Å²) in [4.78, 5) is 0. The Morgan fingerprint density at radius 3 is 2.58 bits per heavy atom. The smallest absolute Gasteiger partial charge is 0.104 e. The third-order valence-electron chi connectivity index (χ3n) is 1.91. The maximum Gasteiger partial charge on any atom is 0.104 e. The Balaban J connectivity index is 2.41. The van der Waals surface area contributed by atoms with Gasteiger partial charge in [0.2, 0.25) is 0 Å². The Labute approximate surface area is 73.8 Å². The van der Waals surface area contributed by atoms with Crippen LogP contribution in [-0.2, 0) is 12.8 Å². The van der Waals surface area contributed by atoms with Gasteiger partial charge in [-0.25, -0.2) is 0 Å². The molecule has 0 aliphatic heterocycles. The van der Waals surface area contributed by atoms with Crippen LogP contribution in [0.25, 0.3) is 0 Å². The van der Waals surface area contributed by atoms with Crippen molar-refractivity contribution in [1.82, 2.24) is 0 Å². The van der Waals surface area contributed by atoms with Crippen molar-refractivity contribution in [3.05, 3.63) is 23.7 Å². The standard InChI is InChI=1S/C10H17NO/c1-3-9-6-7-10(12-9)5-4-8(2)11/h6-8H,3-5,11H2,1-2H3. The molecule has 0 saturated carbocycles. The fraction of sp³-hybridized carbons (Fsp3) is 0.600. The van der Waals surface area contributed by atoms with Crippen LogP contribution in [0.2, 0.25) is 0 Å². The molecular weight excluding hydrogens is 150 g/mol. The van der Waals surface area contributed by atoms with E-state index < -0.39 is 0 Å². The van der Waals surface area contributed by atoms with Gasteiger partial charge < -0.3 is 10.2 Å². The minimum absolute atomic E-state index is 0.264. The first kappa shape index (κ1) is 9.33. The molecule has 0 saturated heterocycles. The van der Waals surface area contributed by atoms with Crippen molar-refractivity contribution in [2.45, 2.75) is 39.2 Å². The van der Waals surface area contributed by atoms with E-state index in [9.17, 15) is 0 Å². The summed E-state index contributed by atoms with van der Waals surface area (Å²) in [6.45, 7) is 4.11. The molecule has 1 aromatic rings. The quantitative estimate of drug-likeness (QED) is 0.746. The lowest BCUT2D eigenvalue weighted by atomic mass is 10.2. The lowest BCUT2D eigenvalue weighted by Gasteiger charge is -2.01. The second-order valence-electron chi connectivity index (χ2n) is 3.24. The second-order valence-corrected chi connectivity index (χ2v) is 3.24. The SMILES string of the molecule is CCc1ccc(CCC(C)N)o1. The molecule has 12 heavy (non-hydrogen) atoms. The number of furan rings is 1. The molecule has 1 atom stereocenters. The Bertz CT molecular complexity index is 227. The Morgan fingerprint density at radius 2 is 2.08 bits per heavy atom. The zero-order valence-corrected chi connectivity index (χ0v) is 7.84. The molecule has 1 rings (SSSR count). The predicted molar refractivity (Wildman–Crippen MR) is 50.1 cm³/mol. The van der Waals surface area contributed by atoms with Crippen LogP contribution >= 0.6 is 0 Å². The number of nitrogens with two attached hydrogens (primary N) is 1. The van der Waals surface area contributed by atoms with Crippen molar-refractivity contribution < 1.29 is 4.42 Å². The summed E-state index contributed by atoms with van der Waals surface area (Å²) in [5, 5.41) is 0. The highest BCUT2D eigenvalue weighted by Gasteiger charge is 2.01. The topological polar surface area (TPSA) is 39.2 Å². The lowest BCUT2D eigenvalue weighted by molar-refractivity contribution is 0.457. The monoisotopic (exact) mass is 167 g/mol. The minimum atomic E-state index is 0.264. The lowest BCUT2D eigenvalue weighted by Crippen LogP contribution is -2.15. The second kappa shape index (κ2) is 4.31. The minimum Gasteiger partial charge on any atom is -0.466 e. The van der Waals surface area contributed by atoms with Crippen LogP contribution in [0.15, 0.2) is 16.5 Å². The normalized spacial score (nSPS) is 13.2. The molecule has 0 aliphatic carbocycles. The van der Waals surface area contributed by atoms with Gasteiger partial charge in [0, 0.05) is 18.9 Å². The maximum atomic E-state index is 5.64. The molecule has 1 unspecified atom stereocenters. The summed E-state index contributed by atoms with van der Waals surface area (Å²) in [7, 11) is 0. The van der Waals surface area contributed by atoms with E-state index in [-0.39, 0.29) is 6.04 Å². The van der Waals surface area contributed by atoms with E-state index in [0.717, 1.165) is 30.8 Å². The van der Waals surface area contributed by atoms with E-state index in [1.165, 1.54) is 0 Å². The highest BCUT2D eigenvalue weighted by Crippen LogP contribution is 2.10. The molecule has 2 N–H and O–H groups in total. The van der Waals surface area contributed by atoms with Crippen LogP contribution in [0, 0.1) is 0 Å². The van der Waals surface area contributed by atoms with Crippen LogP contribution in [0.1, 0.15) is 31.8 Å². The average Bonchev–Trinajstić information content (AvgIpc) is 2.48. The fourth-order valence-electron chi connectivity index (χ4n) is 1.12. The molecule has 0 spiro atoms. The van der Waals surface area contributed by atoms with Crippen LogP contribution in [0.4, 0.5) is 0 Å². The third-order valence-corrected chi connectivity index (χ3v) is 1.91. The van der Waals surface area contributed by atoms with Crippen LogP contribution in [-0.4, -0.2) is 6.04 Å². The summed E-state index contributed by atoms with van der Waals surface area (Å²) in [6.07, 6.45) is 2.92. The summed E-state index contributed by atoms with van der Waals surface area (Å²) in [6, 6.07) is 4.35. The first-order chi connectivity index (χ1) is 5.72. The van der Waals surface area contributed by atoms with E-state index in [0.29, 0.717) is 0 Å². The summed E-state index contributed by atoms with van der Waals surface area (Å²) in [5.41, 5.74) is 5.64. The van der Waals surface area contributed by atoms with Crippen molar-refractivity contribution >= 4 is 0 Å². The summed E-state index contributed by atoms with van der Waals surface area (Å²) < 4.78 is 5.53. The number of aryl methyl sites for hydroxylation is 2. The molecule has 1 heterocycles. The fourth-order valence-corrected chi connectivity index (χ4v) is 1.12. The van der Waals surface area contributed by atoms with Gasteiger partial charge in [-0.15, -0.1) is 0 Å². The average molecular weight is 167 g/mol. The van der Waals surface area contributed by atoms with E-state index in [1.54, 1.807) is 0 Å². The van der Waals surface area contributed by atoms with Gasteiger partial charge >= 0.3 is 0 Å². The third kappa shape index (κ3) is 2.70. The van der Waals surface area contributed by atoms with Gasteiger partial charge in [-0.05, 0) is 25.5 Å². The van der Waals surface area contributed by atoms with Gasteiger partial charge in [0.25, 0.3) is 0 Å². The maximum absolute atomic E-state index is 5.64. The molecular formula is C10H17NO. The van der Waals surface area contributed by atoms with Crippen molar-refractivity contribution in [3.8, 4) is 0 Å². The van der Waals surface area contributed by atoms with Gasteiger partial charge in [-0.2, -0.15) is 0 Å². The molecule has 0 amide bonds. The van der Waals surface area contributed by atoms with Gasteiger partial charge in [0.15, 0.2) is 0 Å². The number of hydrogen-bond acceptors (Lipinski definition) is 2. The number of rotatable bonds is 4. The van der Waals surface area contributed by atoms with Gasteiger partial charge in [-0.1, -0.05) is 6.92 Å². The van der Waals surface area contributed by atoms with Crippen LogP contribution in [0.3, 0.4) is 0 Å². The molecule has 0 radical (unpaired) electrons. The van der Waals surface area contributed by atoms with Crippen molar-refractivity contribution in [3.63, 3.8) is 0 Å². The Kier molecular flexibility index (Phi) is 3.35. The van der Waals surface area contributed by atoms with Crippen molar-refractivity contribution in [2.75, 3.05) is 0 Å². The molecule has 0 bridgehead atoms. The highest BCUT2D eigenvalue weighted by molar-refractivity contribution is 5.07. The molecule has 0 aromatic carbocycles. The zero-order chi connectivity index (χ0) is 8.97. The Morgan fingerprint density at radius 1 is 1.42 bits per heavy atom. The first-order valence-corrected chi connectivity index (χ1v) is 4.55. The van der Waals surface area contributed by atoms with Crippen molar-refractivity contribution in [1.29, 1.82) is 0 Å².